The number of anilines is 1. The number of nitrogen functional groups attached to an aromatic ring is 1. The van der Waals surface area contributed by atoms with Crippen molar-refractivity contribution < 1.29 is 9.66 Å². The lowest BCUT2D eigenvalue weighted by atomic mass is 10.2. The third-order valence-corrected chi connectivity index (χ3v) is 3.09. The molecule has 7 nitrogen and oxygen atoms in total. The van der Waals surface area contributed by atoms with Gasteiger partial charge in [0.1, 0.15) is 12.4 Å². The Kier molecular flexibility index (Phi) is 4.56. The van der Waals surface area contributed by atoms with Gasteiger partial charge in [-0.25, -0.2) is 10.8 Å². The maximum atomic E-state index is 11.0. The number of aromatic nitrogens is 1. The molecule has 0 atom stereocenters. The second-order valence-electron chi connectivity index (χ2n) is 4.29. The van der Waals surface area contributed by atoms with E-state index >= 15 is 0 Å². The first kappa shape index (κ1) is 15.0. The minimum Gasteiger partial charge on any atom is -0.480 e. The molecule has 1 heterocycles. The number of nitro groups is 1. The van der Waals surface area contributed by atoms with Crippen LogP contribution in [0.2, 0.25) is 5.02 Å². The van der Waals surface area contributed by atoms with Crippen molar-refractivity contribution in [1.29, 1.82) is 0 Å². The first-order chi connectivity index (χ1) is 10.0. The summed E-state index contributed by atoms with van der Waals surface area (Å²) in [6.07, 6.45) is 0. The second-order valence-corrected chi connectivity index (χ2v) is 4.69. The number of rotatable bonds is 5. The van der Waals surface area contributed by atoms with Gasteiger partial charge in [0.15, 0.2) is 5.75 Å². The smallest absolute Gasteiger partial charge is 0.310 e. The first-order valence-electron chi connectivity index (χ1n) is 6.01. The number of hydrazine groups is 1. The molecule has 0 bridgehead atoms. The van der Waals surface area contributed by atoms with Gasteiger partial charge in [-0.15, -0.1) is 0 Å². The Hall–Kier alpha value is -2.38. The Bertz CT molecular complexity index is 678. The van der Waals surface area contributed by atoms with E-state index in [1.165, 1.54) is 6.07 Å². The third-order valence-electron chi connectivity index (χ3n) is 2.74. The van der Waals surface area contributed by atoms with E-state index in [2.05, 4.69) is 10.4 Å². The highest BCUT2D eigenvalue weighted by molar-refractivity contribution is 6.31. The normalized spacial score (nSPS) is 10.2. The summed E-state index contributed by atoms with van der Waals surface area (Å²) in [5.41, 5.74) is 3.58. The van der Waals surface area contributed by atoms with Crippen LogP contribution in [0, 0.1) is 17.0 Å². The van der Waals surface area contributed by atoms with Crippen LogP contribution in [0.3, 0.4) is 0 Å². The van der Waals surface area contributed by atoms with Crippen LogP contribution in [0.5, 0.6) is 5.75 Å². The van der Waals surface area contributed by atoms with Crippen molar-refractivity contribution in [2.45, 2.75) is 13.5 Å². The topological polar surface area (TPSA) is 103 Å². The van der Waals surface area contributed by atoms with Crippen molar-refractivity contribution in [3.8, 4) is 5.75 Å². The van der Waals surface area contributed by atoms with Crippen molar-refractivity contribution in [3.05, 3.63) is 56.7 Å². The molecular weight excluding hydrogens is 296 g/mol. The standard InChI is InChI=1S/C13H13ClN4O3/c1-8-2-4-11(18(19)20)12(6-8)21-7-10-9(14)3-5-13(16-10)17-15/h2-6H,7,15H2,1H3,(H,16,17). The molecule has 1 aromatic carbocycles. The van der Waals surface area contributed by atoms with E-state index in [1.807, 2.05) is 6.92 Å². The summed E-state index contributed by atoms with van der Waals surface area (Å²) in [5, 5.41) is 11.4. The quantitative estimate of drug-likeness (QED) is 0.500. The van der Waals surface area contributed by atoms with Crippen LogP contribution in [0.1, 0.15) is 11.3 Å². The zero-order chi connectivity index (χ0) is 15.4. The summed E-state index contributed by atoms with van der Waals surface area (Å²) < 4.78 is 5.49. The predicted octanol–water partition coefficient (Wildman–Crippen LogP) is 2.82. The van der Waals surface area contributed by atoms with Gasteiger partial charge in [-0.1, -0.05) is 17.7 Å². The lowest BCUT2D eigenvalue weighted by Gasteiger charge is -2.09. The number of hydrogen-bond donors (Lipinski definition) is 2. The van der Waals surface area contributed by atoms with Crippen LogP contribution in [-0.4, -0.2) is 9.91 Å². The zero-order valence-electron chi connectivity index (χ0n) is 11.2. The number of hydrogen-bond acceptors (Lipinski definition) is 6. The lowest BCUT2D eigenvalue weighted by Crippen LogP contribution is -2.10. The van der Waals surface area contributed by atoms with Gasteiger partial charge in [0.05, 0.1) is 15.6 Å². The zero-order valence-corrected chi connectivity index (χ0v) is 11.9. The van der Waals surface area contributed by atoms with Gasteiger partial charge in [-0.05, 0) is 30.7 Å². The Balaban J connectivity index is 2.24. The molecule has 0 aliphatic rings. The van der Waals surface area contributed by atoms with Gasteiger partial charge in [0, 0.05) is 6.07 Å². The number of nitrogens with zero attached hydrogens (tertiary/aromatic N) is 2. The van der Waals surface area contributed by atoms with Crippen molar-refractivity contribution >= 4 is 23.1 Å². The number of nitrogens with one attached hydrogen (secondary N) is 1. The van der Waals surface area contributed by atoms with Crippen molar-refractivity contribution in [1.82, 2.24) is 4.98 Å². The first-order valence-corrected chi connectivity index (χ1v) is 6.39. The molecule has 2 aromatic rings. The summed E-state index contributed by atoms with van der Waals surface area (Å²) in [4.78, 5) is 14.6. The van der Waals surface area contributed by atoms with Crippen molar-refractivity contribution in [2.24, 2.45) is 5.84 Å². The van der Waals surface area contributed by atoms with Gasteiger partial charge >= 0.3 is 5.69 Å². The molecule has 0 fully saturated rings. The Morgan fingerprint density at radius 1 is 1.43 bits per heavy atom. The molecule has 0 aliphatic carbocycles. The van der Waals surface area contributed by atoms with Gasteiger partial charge < -0.3 is 10.2 Å². The minimum atomic E-state index is -0.498. The fraction of sp³-hybridized carbons (Fsp3) is 0.154. The second kappa shape index (κ2) is 6.38. The van der Waals surface area contributed by atoms with E-state index in [4.69, 9.17) is 22.2 Å². The largest absolute Gasteiger partial charge is 0.480 e. The van der Waals surface area contributed by atoms with Gasteiger partial charge in [0.2, 0.25) is 0 Å². The Labute approximate surface area is 125 Å². The van der Waals surface area contributed by atoms with E-state index in [0.29, 0.717) is 16.5 Å². The van der Waals surface area contributed by atoms with E-state index in [9.17, 15) is 10.1 Å². The molecule has 21 heavy (non-hydrogen) atoms. The molecular formula is C13H13ClN4O3. The average Bonchev–Trinajstić information content (AvgIpc) is 2.46. The monoisotopic (exact) mass is 308 g/mol. The minimum absolute atomic E-state index is 0.00134. The molecule has 8 heteroatoms. The van der Waals surface area contributed by atoms with Gasteiger partial charge in [-0.3, -0.25) is 10.1 Å². The molecule has 0 saturated heterocycles. The van der Waals surface area contributed by atoms with Crippen LogP contribution < -0.4 is 16.0 Å². The summed E-state index contributed by atoms with van der Waals surface area (Å²) in [6, 6.07) is 7.87. The number of ether oxygens (including phenoxy) is 1. The number of benzene rings is 1. The van der Waals surface area contributed by atoms with Crippen LogP contribution in [0.4, 0.5) is 11.5 Å². The average molecular weight is 309 g/mol. The van der Waals surface area contributed by atoms with Crippen LogP contribution in [-0.2, 0) is 6.61 Å². The predicted molar refractivity (Wildman–Crippen MR) is 79.2 cm³/mol. The summed E-state index contributed by atoms with van der Waals surface area (Å²) in [6.45, 7) is 1.82. The molecule has 0 aliphatic heterocycles. The van der Waals surface area contributed by atoms with Crippen LogP contribution in [0.15, 0.2) is 30.3 Å². The van der Waals surface area contributed by atoms with E-state index in [1.54, 1.807) is 24.3 Å². The molecule has 0 radical (unpaired) electrons. The molecule has 2 rings (SSSR count). The number of pyridine rings is 1. The number of aryl methyl sites for hydroxylation is 1. The van der Waals surface area contributed by atoms with Crippen molar-refractivity contribution in [2.75, 3.05) is 5.43 Å². The fourth-order valence-electron chi connectivity index (χ4n) is 1.70. The summed E-state index contributed by atoms with van der Waals surface area (Å²) >= 11 is 6.01. The van der Waals surface area contributed by atoms with E-state index in [-0.39, 0.29) is 18.0 Å². The SMILES string of the molecule is Cc1ccc([N+](=O)[O-])c(OCc2nc(NN)ccc2Cl)c1. The fourth-order valence-corrected chi connectivity index (χ4v) is 1.86. The van der Waals surface area contributed by atoms with Gasteiger partial charge in [0.25, 0.3) is 0 Å². The number of nitro benzene ring substituents is 1. The highest BCUT2D eigenvalue weighted by Crippen LogP contribution is 2.29. The van der Waals surface area contributed by atoms with E-state index < -0.39 is 4.92 Å². The molecule has 0 spiro atoms. The van der Waals surface area contributed by atoms with Gasteiger partial charge in [-0.2, -0.15) is 0 Å². The lowest BCUT2D eigenvalue weighted by molar-refractivity contribution is -0.386. The Morgan fingerprint density at radius 2 is 2.19 bits per heavy atom. The van der Waals surface area contributed by atoms with Crippen molar-refractivity contribution in [3.63, 3.8) is 0 Å². The molecule has 110 valence electrons. The number of nitrogens with two attached hydrogens (primary N) is 1. The maximum Gasteiger partial charge on any atom is 0.310 e. The summed E-state index contributed by atoms with van der Waals surface area (Å²) in [5.74, 6) is 5.87. The molecule has 0 saturated carbocycles. The van der Waals surface area contributed by atoms with Crippen LogP contribution >= 0.6 is 11.6 Å². The molecule has 3 N–H and O–H groups in total. The van der Waals surface area contributed by atoms with Crippen LogP contribution in [0.25, 0.3) is 0 Å². The third kappa shape index (κ3) is 3.59. The molecule has 0 unspecified atom stereocenters. The van der Waals surface area contributed by atoms with E-state index in [0.717, 1.165) is 5.56 Å². The molecule has 0 amide bonds. The highest BCUT2D eigenvalue weighted by Gasteiger charge is 2.16. The molecule has 1 aromatic heterocycles. The highest BCUT2D eigenvalue weighted by atomic mass is 35.5. The summed E-state index contributed by atoms with van der Waals surface area (Å²) in [7, 11) is 0. The maximum absolute atomic E-state index is 11.0. The Morgan fingerprint density at radius 3 is 2.86 bits per heavy atom. The number of halogens is 1.